The normalized spacial score (nSPS) is 16.2. The molecule has 20 heavy (non-hydrogen) atoms. The average Bonchev–Trinajstić information content (AvgIpc) is 3.12. The Hall–Kier alpha value is -1.19. The molecule has 1 aliphatic rings. The van der Waals surface area contributed by atoms with Crippen LogP contribution < -0.4 is 5.32 Å². The average molecular weight is 289 g/mol. The van der Waals surface area contributed by atoms with Crippen LogP contribution in [-0.4, -0.2) is 12.6 Å². The van der Waals surface area contributed by atoms with Crippen molar-refractivity contribution < 1.29 is 4.39 Å². The minimum absolute atomic E-state index is 0.132. The van der Waals surface area contributed by atoms with Gasteiger partial charge in [0, 0.05) is 10.9 Å². The summed E-state index contributed by atoms with van der Waals surface area (Å²) in [6, 6.07) is 12.0. The van der Waals surface area contributed by atoms with E-state index in [9.17, 15) is 4.39 Å². The van der Waals surface area contributed by atoms with Crippen LogP contribution in [-0.2, 0) is 12.8 Å². The van der Waals surface area contributed by atoms with E-state index < -0.39 is 0 Å². The molecular formula is C17H20FNS. The Balaban J connectivity index is 1.63. The summed E-state index contributed by atoms with van der Waals surface area (Å²) in [5.74, 6) is 0.406. The van der Waals surface area contributed by atoms with Crippen molar-refractivity contribution in [2.75, 3.05) is 6.54 Å². The molecule has 1 saturated carbocycles. The molecule has 1 aromatic heterocycles. The van der Waals surface area contributed by atoms with Crippen LogP contribution in [0.15, 0.2) is 41.8 Å². The minimum atomic E-state index is -0.132. The molecule has 0 spiro atoms. The van der Waals surface area contributed by atoms with Crippen LogP contribution >= 0.6 is 11.3 Å². The third-order valence-electron chi connectivity index (χ3n) is 3.76. The quantitative estimate of drug-likeness (QED) is 0.811. The van der Waals surface area contributed by atoms with Gasteiger partial charge in [0.15, 0.2) is 0 Å². The summed E-state index contributed by atoms with van der Waals surface area (Å²) in [6.07, 6.45) is 4.64. The molecule has 0 amide bonds. The lowest BCUT2D eigenvalue weighted by molar-refractivity contribution is 0.470. The summed E-state index contributed by atoms with van der Waals surface area (Å²) in [6.45, 7) is 1.03. The maximum absolute atomic E-state index is 13.3. The minimum Gasteiger partial charge on any atom is -0.314 e. The molecule has 1 nitrogen and oxygen atoms in total. The second-order valence-electron chi connectivity index (χ2n) is 5.67. The maximum atomic E-state index is 13.3. The molecule has 0 radical (unpaired) electrons. The van der Waals surface area contributed by atoms with Crippen molar-refractivity contribution in [2.45, 2.75) is 31.7 Å². The Labute approximate surface area is 123 Å². The monoisotopic (exact) mass is 289 g/mol. The van der Waals surface area contributed by atoms with E-state index in [0.717, 1.165) is 31.0 Å². The van der Waals surface area contributed by atoms with Gasteiger partial charge in [-0.05, 0) is 67.3 Å². The summed E-state index contributed by atoms with van der Waals surface area (Å²) >= 11 is 1.81. The highest BCUT2D eigenvalue weighted by Gasteiger charge is 2.22. The van der Waals surface area contributed by atoms with Crippen molar-refractivity contribution >= 4 is 11.3 Å². The fourth-order valence-corrected chi connectivity index (χ4v) is 3.37. The summed E-state index contributed by atoms with van der Waals surface area (Å²) < 4.78 is 13.3. The van der Waals surface area contributed by atoms with Gasteiger partial charge in [-0.3, -0.25) is 0 Å². The van der Waals surface area contributed by atoms with Gasteiger partial charge in [0.25, 0.3) is 0 Å². The zero-order valence-electron chi connectivity index (χ0n) is 11.5. The number of hydrogen-bond acceptors (Lipinski definition) is 2. The maximum Gasteiger partial charge on any atom is 0.123 e. The van der Waals surface area contributed by atoms with Gasteiger partial charge in [-0.2, -0.15) is 0 Å². The molecule has 3 heteroatoms. The largest absolute Gasteiger partial charge is 0.314 e. The SMILES string of the molecule is Fc1cccc(CC(CNC2CC2)Cc2cccs2)c1. The molecule has 1 unspecified atom stereocenters. The van der Waals surface area contributed by atoms with Crippen molar-refractivity contribution in [1.29, 1.82) is 0 Å². The molecule has 0 saturated heterocycles. The highest BCUT2D eigenvalue weighted by atomic mass is 32.1. The van der Waals surface area contributed by atoms with Gasteiger partial charge in [0.1, 0.15) is 5.82 Å². The molecule has 1 heterocycles. The van der Waals surface area contributed by atoms with E-state index in [0.29, 0.717) is 5.92 Å². The van der Waals surface area contributed by atoms with Crippen LogP contribution in [0.25, 0.3) is 0 Å². The van der Waals surface area contributed by atoms with E-state index in [-0.39, 0.29) is 5.82 Å². The topological polar surface area (TPSA) is 12.0 Å². The number of rotatable bonds is 7. The summed E-state index contributed by atoms with van der Waals surface area (Å²) in [5.41, 5.74) is 1.10. The predicted octanol–water partition coefficient (Wildman–Crippen LogP) is 4.04. The van der Waals surface area contributed by atoms with Crippen LogP contribution in [0.1, 0.15) is 23.3 Å². The number of nitrogens with one attached hydrogen (secondary N) is 1. The van der Waals surface area contributed by atoms with E-state index in [1.807, 2.05) is 17.4 Å². The molecule has 106 valence electrons. The summed E-state index contributed by atoms with van der Waals surface area (Å²) in [4.78, 5) is 1.42. The molecule has 0 aliphatic heterocycles. The van der Waals surface area contributed by atoms with Gasteiger partial charge >= 0.3 is 0 Å². The predicted molar refractivity (Wildman–Crippen MR) is 82.6 cm³/mol. The van der Waals surface area contributed by atoms with Crippen LogP contribution in [0, 0.1) is 11.7 Å². The van der Waals surface area contributed by atoms with Crippen molar-refractivity contribution in [3.63, 3.8) is 0 Å². The summed E-state index contributed by atoms with van der Waals surface area (Å²) in [7, 11) is 0. The van der Waals surface area contributed by atoms with Crippen molar-refractivity contribution in [3.8, 4) is 0 Å². The molecule has 1 aliphatic carbocycles. The van der Waals surface area contributed by atoms with Crippen LogP contribution in [0.5, 0.6) is 0 Å². The van der Waals surface area contributed by atoms with E-state index in [1.54, 1.807) is 12.1 Å². The lowest BCUT2D eigenvalue weighted by Gasteiger charge is -2.17. The molecule has 1 N–H and O–H groups in total. The molecule has 1 aromatic carbocycles. The third kappa shape index (κ3) is 4.15. The van der Waals surface area contributed by atoms with Gasteiger partial charge in [-0.1, -0.05) is 18.2 Å². The van der Waals surface area contributed by atoms with E-state index >= 15 is 0 Å². The lowest BCUT2D eigenvalue weighted by atomic mass is 9.95. The van der Waals surface area contributed by atoms with Crippen LogP contribution in [0.4, 0.5) is 4.39 Å². The Kier molecular flexibility index (Phi) is 4.48. The summed E-state index contributed by atoms with van der Waals surface area (Å²) in [5, 5.41) is 5.74. The Morgan fingerprint density at radius 3 is 2.80 bits per heavy atom. The van der Waals surface area contributed by atoms with Gasteiger partial charge in [-0.15, -0.1) is 11.3 Å². The molecule has 2 aromatic rings. The van der Waals surface area contributed by atoms with E-state index in [1.165, 1.54) is 23.8 Å². The van der Waals surface area contributed by atoms with Crippen LogP contribution in [0.2, 0.25) is 0 Å². The highest BCUT2D eigenvalue weighted by molar-refractivity contribution is 7.09. The standard InChI is InChI=1S/C17H20FNS/c18-15-4-1-3-13(10-15)9-14(12-19-16-6-7-16)11-17-5-2-8-20-17/h1-5,8,10,14,16,19H,6-7,9,11-12H2. The Morgan fingerprint density at radius 2 is 2.10 bits per heavy atom. The molecule has 3 rings (SSSR count). The van der Waals surface area contributed by atoms with Gasteiger partial charge in [-0.25, -0.2) is 4.39 Å². The third-order valence-corrected chi connectivity index (χ3v) is 4.65. The fraction of sp³-hybridized carbons (Fsp3) is 0.412. The second-order valence-corrected chi connectivity index (χ2v) is 6.70. The highest BCUT2D eigenvalue weighted by Crippen LogP contribution is 2.22. The fourth-order valence-electron chi connectivity index (χ4n) is 2.55. The van der Waals surface area contributed by atoms with Crippen molar-refractivity contribution in [3.05, 3.63) is 58.0 Å². The molecule has 0 bridgehead atoms. The van der Waals surface area contributed by atoms with Crippen LogP contribution in [0.3, 0.4) is 0 Å². The Bertz CT molecular complexity index is 534. The van der Waals surface area contributed by atoms with Crippen molar-refractivity contribution in [2.24, 2.45) is 5.92 Å². The Morgan fingerprint density at radius 1 is 1.20 bits per heavy atom. The molecule has 1 fully saturated rings. The number of hydrogen-bond donors (Lipinski definition) is 1. The number of halogens is 1. The molecule has 1 atom stereocenters. The lowest BCUT2D eigenvalue weighted by Crippen LogP contribution is -2.27. The van der Waals surface area contributed by atoms with Crippen molar-refractivity contribution in [1.82, 2.24) is 5.32 Å². The van der Waals surface area contributed by atoms with Gasteiger partial charge in [0.2, 0.25) is 0 Å². The number of benzene rings is 1. The van der Waals surface area contributed by atoms with E-state index in [4.69, 9.17) is 0 Å². The number of thiophene rings is 1. The smallest absolute Gasteiger partial charge is 0.123 e. The first-order chi connectivity index (χ1) is 9.79. The first kappa shape index (κ1) is 13.8. The second kappa shape index (κ2) is 6.51. The zero-order chi connectivity index (χ0) is 13.8. The van der Waals surface area contributed by atoms with Gasteiger partial charge < -0.3 is 5.32 Å². The zero-order valence-corrected chi connectivity index (χ0v) is 12.3. The first-order valence-electron chi connectivity index (χ1n) is 7.30. The molecular weight excluding hydrogens is 269 g/mol. The van der Waals surface area contributed by atoms with E-state index in [2.05, 4.69) is 22.8 Å². The first-order valence-corrected chi connectivity index (χ1v) is 8.18. The van der Waals surface area contributed by atoms with Gasteiger partial charge in [0.05, 0.1) is 0 Å².